The van der Waals surface area contributed by atoms with Gasteiger partial charge in [0.2, 0.25) is 0 Å². The number of pyridine rings is 1. The Labute approximate surface area is 111 Å². The van der Waals surface area contributed by atoms with Crippen LogP contribution in [0.25, 0.3) is 11.6 Å². The van der Waals surface area contributed by atoms with Crippen LogP contribution in [0.15, 0.2) is 22.9 Å². The van der Waals surface area contributed by atoms with Gasteiger partial charge in [0.05, 0.1) is 12.1 Å². The molecule has 0 spiro atoms. The van der Waals surface area contributed by atoms with E-state index in [2.05, 4.69) is 15.1 Å². The van der Waals surface area contributed by atoms with Gasteiger partial charge in [0, 0.05) is 6.20 Å². The fraction of sp³-hybridized carbons (Fsp3) is 0.462. The maximum Gasteiger partial charge on any atom is 0.280 e. The van der Waals surface area contributed by atoms with E-state index in [4.69, 9.17) is 15.0 Å². The van der Waals surface area contributed by atoms with Crippen molar-refractivity contribution in [1.82, 2.24) is 15.1 Å². The topological polar surface area (TPSA) is 87.1 Å². The molecule has 1 fully saturated rings. The molecule has 100 valence electrons. The monoisotopic (exact) mass is 260 g/mol. The van der Waals surface area contributed by atoms with E-state index in [0.29, 0.717) is 29.8 Å². The number of hydrogen-bond acceptors (Lipinski definition) is 6. The van der Waals surface area contributed by atoms with E-state index in [1.807, 2.05) is 19.1 Å². The fourth-order valence-corrected chi connectivity index (χ4v) is 2.13. The second-order valence-corrected chi connectivity index (χ2v) is 4.72. The van der Waals surface area contributed by atoms with Crippen molar-refractivity contribution >= 4 is 0 Å². The summed E-state index contributed by atoms with van der Waals surface area (Å²) in [5, 5.41) is 3.98. The van der Waals surface area contributed by atoms with Crippen molar-refractivity contribution in [1.29, 1.82) is 0 Å². The van der Waals surface area contributed by atoms with E-state index in [1.54, 1.807) is 6.20 Å². The van der Waals surface area contributed by atoms with Gasteiger partial charge in [-0.15, -0.1) is 0 Å². The van der Waals surface area contributed by atoms with Crippen molar-refractivity contribution in [2.75, 3.05) is 6.61 Å². The van der Waals surface area contributed by atoms with Gasteiger partial charge >= 0.3 is 0 Å². The molecule has 1 aliphatic rings. The van der Waals surface area contributed by atoms with Crippen molar-refractivity contribution < 1.29 is 9.26 Å². The van der Waals surface area contributed by atoms with E-state index >= 15 is 0 Å². The largest absolute Gasteiger partial charge is 0.491 e. The summed E-state index contributed by atoms with van der Waals surface area (Å²) in [5.74, 6) is 1.55. The molecule has 6 nitrogen and oxygen atoms in total. The molecular formula is C13H16N4O2. The summed E-state index contributed by atoms with van der Waals surface area (Å²) in [6, 6.07) is 3.64. The molecule has 2 aromatic rings. The van der Waals surface area contributed by atoms with Gasteiger partial charge in [0.15, 0.2) is 17.3 Å². The standard InChI is InChI=1S/C13H16N4O2/c1-2-18-9-5-3-8-15-10(9)11-16-12(17-19-11)13(14)6-4-7-13/h3,5,8H,2,4,6-7,14H2,1H3. The maximum atomic E-state index is 6.18. The fourth-order valence-electron chi connectivity index (χ4n) is 2.13. The van der Waals surface area contributed by atoms with Gasteiger partial charge in [-0.25, -0.2) is 4.98 Å². The Hall–Kier alpha value is -1.95. The molecular weight excluding hydrogens is 244 g/mol. The third-order valence-electron chi connectivity index (χ3n) is 3.39. The maximum absolute atomic E-state index is 6.18. The molecule has 0 unspecified atom stereocenters. The second-order valence-electron chi connectivity index (χ2n) is 4.72. The third-order valence-corrected chi connectivity index (χ3v) is 3.39. The van der Waals surface area contributed by atoms with Crippen molar-refractivity contribution in [2.24, 2.45) is 5.73 Å². The molecule has 0 saturated heterocycles. The van der Waals surface area contributed by atoms with Crippen molar-refractivity contribution in [2.45, 2.75) is 31.7 Å². The summed E-state index contributed by atoms with van der Waals surface area (Å²) in [4.78, 5) is 8.62. The molecule has 2 N–H and O–H groups in total. The van der Waals surface area contributed by atoms with Crippen LogP contribution in [0.1, 0.15) is 32.0 Å². The van der Waals surface area contributed by atoms with Gasteiger partial charge in [0.25, 0.3) is 5.89 Å². The van der Waals surface area contributed by atoms with Gasteiger partial charge in [-0.05, 0) is 38.3 Å². The van der Waals surface area contributed by atoms with E-state index in [1.165, 1.54) is 0 Å². The first kappa shape index (κ1) is 12.1. The van der Waals surface area contributed by atoms with Gasteiger partial charge < -0.3 is 15.0 Å². The Kier molecular flexibility index (Phi) is 2.94. The van der Waals surface area contributed by atoms with E-state index in [9.17, 15) is 0 Å². The van der Waals surface area contributed by atoms with Crippen molar-refractivity contribution in [3.05, 3.63) is 24.2 Å². The molecule has 6 heteroatoms. The summed E-state index contributed by atoms with van der Waals surface area (Å²) in [5.41, 5.74) is 6.31. The molecule has 19 heavy (non-hydrogen) atoms. The quantitative estimate of drug-likeness (QED) is 0.903. The number of nitrogens with zero attached hydrogens (tertiary/aromatic N) is 3. The molecule has 0 aromatic carbocycles. The summed E-state index contributed by atoms with van der Waals surface area (Å²) >= 11 is 0. The highest BCUT2D eigenvalue weighted by molar-refractivity contribution is 5.56. The predicted octanol–water partition coefficient (Wildman–Crippen LogP) is 1.87. The normalized spacial score (nSPS) is 16.9. The first-order valence-corrected chi connectivity index (χ1v) is 6.44. The first-order valence-electron chi connectivity index (χ1n) is 6.44. The molecule has 0 atom stereocenters. The molecule has 1 aliphatic carbocycles. The Morgan fingerprint density at radius 2 is 2.32 bits per heavy atom. The molecule has 0 amide bonds. The average Bonchev–Trinajstić information content (AvgIpc) is 2.87. The zero-order valence-corrected chi connectivity index (χ0v) is 10.8. The van der Waals surface area contributed by atoms with Crippen LogP contribution >= 0.6 is 0 Å². The highest BCUT2D eigenvalue weighted by atomic mass is 16.5. The molecule has 3 rings (SSSR count). The average molecular weight is 260 g/mol. The van der Waals surface area contributed by atoms with Crippen LogP contribution in [0.3, 0.4) is 0 Å². The lowest BCUT2D eigenvalue weighted by Gasteiger charge is -2.34. The zero-order chi connectivity index (χ0) is 13.3. The highest BCUT2D eigenvalue weighted by Crippen LogP contribution is 2.38. The summed E-state index contributed by atoms with van der Waals surface area (Å²) in [7, 11) is 0. The Bertz CT molecular complexity index is 578. The van der Waals surface area contributed by atoms with Gasteiger partial charge in [-0.2, -0.15) is 4.98 Å². The zero-order valence-electron chi connectivity index (χ0n) is 10.8. The van der Waals surface area contributed by atoms with Crippen LogP contribution in [0, 0.1) is 0 Å². The molecule has 0 bridgehead atoms. The predicted molar refractivity (Wildman–Crippen MR) is 68.4 cm³/mol. The van der Waals surface area contributed by atoms with Crippen molar-refractivity contribution in [3.8, 4) is 17.3 Å². The van der Waals surface area contributed by atoms with Crippen LogP contribution in [-0.4, -0.2) is 21.7 Å². The minimum atomic E-state index is -0.428. The van der Waals surface area contributed by atoms with E-state index in [0.717, 1.165) is 19.3 Å². The van der Waals surface area contributed by atoms with Gasteiger partial charge in [-0.1, -0.05) is 5.16 Å². The first-order chi connectivity index (χ1) is 9.23. The summed E-state index contributed by atoms with van der Waals surface area (Å²) in [6.45, 7) is 2.47. The van der Waals surface area contributed by atoms with Crippen LogP contribution < -0.4 is 10.5 Å². The number of hydrogen-bond donors (Lipinski definition) is 1. The van der Waals surface area contributed by atoms with Crippen LogP contribution in [0.4, 0.5) is 0 Å². The Morgan fingerprint density at radius 3 is 3.00 bits per heavy atom. The molecule has 2 aromatic heterocycles. The van der Waals surface area contributed by atoms with Crippen LogP contribution in [-0.2, 0) is 5.54 Å². The highest BCUT2D eigenvalue weighted by Gasteiger charge is 2.39. The van der Waals surface area contributed by atoms with Crippen LogP contribution in [0.2, 0.25) is 0 Å². The number of aromatic nitrogens is 3. The lowest BCUT2D eigenvalue weighted by molar-refractivity contribution is 0.229. The van der Waals surface area contributed by atoms with Gasteiger partial charge in [-0.3, -0.25) is 0 Å². The Balaban J connectivity index is 1.94. The molecule has 0 aliphatic heterocycles. The number of rotatable bonds is 4. The smallest absolute Gasteiger partial charge is 0.280 e. The van der Waals surface area contributed by atoms with Crippen molar-refractivity contribution in [3.63, 3.8) is 0 Å². The lowest BCUT2D eigenvalue weighted by Crippen LogP contribution is -2.44. The second kappa shape index (κ2) is 4.62. The molecule has 0 radical (unpaired) electrons. The molecule has 1 saturated carbocycles. The minimum absolute atomic E-state index is 0.357. The van der Waals surface area contributed by atoms with Crippen LogP contribution in [0.5, 0.6) is 5.75 Å². The van der Waals surface area contributed by atoms with E-state index < -0.39 is 5.54 Å². The summed E-state index contributed by atoms with van der Waals surface area (Å²) < 4.78 is 10.8. The Morgan fingerprint density at radius 1 is 1.47 bits per heavy atom. The number of nitrogens with two attached hydrogens (primary N) is 1. The lowest BCUT2D eigenvalue weighted by atomic mass is 9.77. The molecule has 2 heterocycles. The summed E-state index contributed by atoms with van der Waals surface area (Å²) in [6.07, 6.45) is 4.57. The van der Waals surface area contributed by atoms with Gasteiger partial charge in [0.1, 0.15) is 0 Å². The minimum Gasteiger partial charge on any atom is -0.491 e. The SMILES string of the molecule is CCOc1cccnc1-c1nc(C2(N)CCC2)no1. The van der Waals surface area contributed by atoms with E-state index in [-0.39, 0.29) is 0 Å². The third kappa shape index (κ3) is 2.08. The number of ether oxygens (including phenoxy) is 1.